The van der Waals surface area contributed by atoms with Gasteiger partial charge in [0.25, 0.3) is 5.91 Å². The van der Waals surface area contributed by atoms with Crippen molar-refractivity contribution in [2.45, 2.75) is 115 Å². The van der Waals surface area contributed by atoms with E-state index in [0.29, 0.717) is 29.7 Å². The van der Waals surface area contributed by atoms with Crippen molar-refractivity contribution in [2.24, 2.45) is 11.8 Å². The standard InChI is InChI=1S/C37H54N4O7S2/c1-23(42)30-17-18-31(49-30)34(45)39-32(37(5,6)50(7,47)48)35(46)38-27(19-24-13-9-8-10-14-24)29(43)22-41-21-26-16-12-11-15-25(26)20-28(41)33(44)40-36(2,3)4/h8-10,13-14,17-18,25-29,32,43H,11-12,15-16,19-22H2,1-7H3,(H,38,46)(H,39,45)(H,40,44). The number of hydrogen-bond donors (Lipinski definition) is 4. The highest BCUT2D eigenvalue weighted by molar-refractivity contribution is 7.92. The molecule has 2 heterocycles. The Hall–Kier alpha value is -3.13. The van der Waals surface area contributed by atoms with Gasteiger partial charge in [-0.3, -0.25) is 24.1 Å². The van der Waals surface area contributed by atoms with Crippen LogP contribution >= 0.6 is 11.3 Å². The third-order valence-electron chi connectivity index (χ3n) is 10.2. The van der Waals surface area contributed by atoms with Crippen LogP contribution in [0.15, 0.2) is 42.5 Å². The van der Waals surface area contributed by atoms with Gasteiger partial charge in [0.2, 0.25) is 11.8 Å². The zero-order valence-corrected chi connectivity index (χ0v) is 32.0. The number of β-amino-alcohol motifs (C(OH)–C–C–N with tert-alkyl or cyclic N) is 1. The Labute approximate surface area is 300 Å². The molecular weight excluding hydrogens is 677 g/mol. The van der Waals surface area contributed by atoms with E-state index >= 15 is 0 Å². The van der Waals surface area contributed by atoms with Gasteiger partial charge in [-0.25, -0.2) is 8.42 Å². The minimum absolute atomic E-state index is 0.0865. The summed E-state index contributed by atoms with van der Waals surface area (Å²) < 4.78 is 24.3. The Morgan fingerprint density at radius 2 is 1.56 bits per heavy atom. The minimum Gasteiger partial charge on any atom is -0.390 e. The second kappa shape index (κ2) is 16.0. The lowest BCUT2D eigenvalue weighted by Crippen LogP contribution is -2.64. The summed E-state index contributed by atoms with van der Waals surface area (Å²) in [7, 11) is -3.90. The van der Waals surface area contributed by atoms with Gasteiger partial charge in [0.1, 0.15) is 6.04 Å². The Morgan fingerprint density at radius 1 is 0.940 bits per heavy atom. The summed E-state index contributed by atoms with van der Waals surface area (Å²) in [6.07, 6.45) is 5.21. The predicted octanol–water partition coefficient (Wildman–Crippen LogP) is 3.76. The number of benzene rings is 1. The molecule has 13 heteroatoms. The lowest BCUT2D eigenvalue weighted by molar-refractivity contribution is -0.133. The smallest absolute Gasteiger partial charge is 0.262 e. The predicted molar refractivity (Wildman–Crippen MR) is 196 cm³/mol. The van der Waals surface area contributed by atoms with Crippen LogP contribution in [0.1, 0.15) is 98.6 Å². The Bertz CT molecular complexity index is 1630. The number of fused-ring (bicyclic) bond motifs is 1. The SMILES string of the molecule is CC(=O)c1ccc(C(=O)NC(C(=O)NC(Cc2ccccc2)C(O)CN2CC3CCCCC3CC2C(=O)NC(C)(C)C)C(C)(C)S(C)(=O)=O)s1. The summed E-state index contributed by atoms with van der Waals surface area (Å²) in [6.45, 7) is 10.7. The molecule has 4 N–H and O–H groups in total. The van der Waals surface area contributed by atoms with Crippen LogP contribution < -0.4 is 16.0 Å². The maximum atomic E-state index is 14.2. The van der Waals surface area contributed by atoms with Crippen LogP contribution in [0.25, 0.3) is 0 Å². The van der Waals surface area contributed by atoms with Crippen LogP contribution in [0.2, 0.25) is 0 Å². The molecule has 4 rings (SSSR count). The number of aliphatic hydroxyl groups excluding tert-OH is 1. The van der Waals surface area contributed by atoms with Crippen LogP contribution in [-0.2, 0) is 25.8 Å². The molecule has 2 aliphatic rings. The highest BCUT2D eigenvalue weighted by atomic mass is 32.2. The van der Waals surface area contributed by atoms with Crippen LogP contribution in [0.5, 0.6) is 0 Å². The van der Waals surface area contributed by atoms with Gasteiger partial charge in [-0.15, -0.1) is 11.3 Å². The van der Waals surface area contributed by atoms with E-state index in [2.05, 4.69) is 16.0 Å². The van der Waals surface area contributed by atoms with E-state index < -0.39 is 56.2 Å². The molecule has 1 aromatic carbocycles. The average Bonchev–Trinajstić information content (AvgIpc) is 3.53. The summed E-state index contributed by atoms with van der Waals surface area (Å²) in [5.41, 5.74) is 0.403. The van der Waals surface area contributed by atoms with E-state index in [4.69, 9.17) is 0 Å². The van der Waals surface area contributed by atoms with E-state index in [1.54, 1.807) is 0 Å². The first-order chi connectivity index (χ1) is 23.3. The zero-order valence-electron chi connectivity index (χ0n) is 30.3. The maximum absolute atomic E-state index is 14.2. The van der Waals surface area contributed by atoms with Gasteiger partial charge in [0.15, 0.2) is 15.6 Å². The van der Waals surface area contributed by atoms with Crippen LogP contribution in [-0.4, -0.2) is 95.8 Å². The largest absolute Gasteiger partial charge is 0.390 e. The molecule has 0 radical (unpaired) electrons. The molecule has 2 fully saturated rings. The molecule has 3 amide bonds. The topological polar surface area (TPSA) is 162 Å². The van der Waals surface area contributed by atoms with E-state index in [0.717, 1.165) is 48.8 Å². The molecule has 6 atom stereocenters. The first kappa shape index (κ1) is 39.7. The summed E-state index contributed by atoms with van der Waals surface area (Å²) in [4.78, 5) is 55.6. The molecule has 1 aliphatic heterocycles. The minimum atomic E-state index is -3.90. The summed E-state index contributed by atoms with van der Waals surface area (Å²) in [6, 6.07) is 9.42. The zero-order chi connectivity index (χ0) is 37.0. The lowest BCUT2D eigenvalue weighted by Gasteiger charge is -2.47. The number of carbonyl (C=O) groups excluding carboxylic acids is 4. The molecule has 11 nitrogen and oxygen atoms in total. The molecule has 2 aromatic rings. The van der Waals surface area contributed by atoms with Gasteiger partial charge in [0, 0.05) is 24.9 Å². The third-order valence-corrected chi connectivity index (χ3v) is 13.5. The van der Waals surface area contributed by atoms with Crippen molar-refractivity contribution in [3.8, 4) is 0 Å². The number of piperidine rings is 1. The monoisotopic (exact) mass is 730 g/mol. The van der Waals surface area contributed by atoms with Gasteiger partial charge in [-0.1, -0.05) is 49.6 Å². The van der Waals surface area contributed by atoms with Gasteiger partial charge >= 0.3 is 0 Å². The fraction of sp³-hybridized carbons (Fsp3) is 0.622. The number of Topliss-reactive ketones (excluding diaryl/α,β-unsaturated/α-hetero) is 1. The maximum Gasteiger partial charge on any atom is 0.262 e. The van der Waals surface area contributed by atoms with E-state index in [9.17, 15) is 32.7 Å². The summed E-state index contributed by atoms with van der Waals surface area (Å²) >= 11 is 0.953. The number of hydrogen-bond acceptors (Lipinski definition) is 9. The Kier molecular flexibility index (Phi) is 12.7. The van der Waals surface area contributed by atoms with E-state index in [1.807, 2.05) is 56.0 Å². The molecule has 1 aromatic heterocycles. The van der Waals surface area contributed by atoms with E-state index in [1.165, 1.54) is 32.9 Å². The second-order valence-corrected chi connectivity index (χ2v) is 19.3. The third kappa shape index (κ3) is 10.0. The fourth-order valence-electron chi connectivity index (χ4n) is 7.03. The first-order valence-electron chi connectivity index (χ1n) is 17.5. The van der Waals surface area contributed by atoms with Crippen molar-refractivity contribution >= 4 is 44.7 Å². The van der Waals surface area contributed by atoms with Gasteiger partial charge in [-0.05, 0) is 90.3 Å². The second-order valence-electron chi connectivity index (χ2n) is 15.6. The van der Waals surface area contributed by atoms with Crippen LogP contribution in [0.4, 0.5) is 0 Å². The molecule has 6 unspecified atom stereocenters. The molecule has 1 aliphatic carbocycles. The number of ketones is 1. The van der Waals surface area contributed by atoms with Crippen LogP contribution in [0, 0.1) is 11.8 Å². The van der Waals surface area contributed by atoms with Crippen molar-refractivity contribution < 1.29 is 32.7 Å². The normalized spacial score (nSPS) is 22.0. The summed E-state index contributed by atoms with van der Waals surface area (Å²) in [5, 5.41) is 20.6. The first-order valence-corrected chi connectivity index (χ1v) is 20.2. The highest BCUT2D eigenvalue weighted by Gasteiger charge is 2.46. The Morgan fingerprint density at radius 3 is 2.14 bits per heavy atom. The molecule has 50 heavy (non-hydrogen) atoms. The lowest BCUT2D eigenvalue weighted by atomic mass is 9.72. The van der Waals surface area contributed by atoms with Gasteiger partial charge in [-0.2, -0.15) is 0 Å². The van der Waals surface area contributed by atoms with Gasteiger partial charge < -0.3 is 21.1 Å². The Balaban J connectivity index is 1.63. The molecule has 0 spiro atoms. The quantitative estimate of drug-likeness (QED) is 0.227. The number of nitrogens with zero attached hydrogens (tertiary/aromatic N) is 1. The van der Waals surface area contributed by atoms with Gasteiger partial charge in [0.05, 0.1) is 32.7 Å². The molecule has 1 saturated carbocycles. The molecule has 0 bridgehead atoms. The fourth-order valence-corrected chi connectivity index (χ4v) is 8.43. The number of amides is 3. The molecule has 1 saturated heterocycles. The van der Waals surface area contributed by atoms with Crippen molar-refractivity contribution in [3.63, 3.8) is 0 Å². The number of thiophene rings is 1. The number of rotatable bonds is 13. The van der Waals surface area contributed by atoms with Crippen molar-refractivity contribution in [1.82, 2.24) is 20.9 Å². The van der Waals surface area contributed by atoms with Crippen molar-refractivity contribution in [1.29, 1.82) is 0 Å². The number of nitrogens with one attached hydrogen (secondary N) is 3. The van der Waals surface area contributed by atoms with E-state index in [-0.39, 0.29) is 29.5 Å². The molecular formula is C37H54N4O7S2. The summed E-state index contributed by atoms with van der Waals surface area (Å²) in [5.74, 6) is -0.925. The van der Waals surface area contributed by atoms with Crippen molar-refractivity contribution in [3.05, 3.63) is 57.8 Å². The van der Waals surface area contributed by atoms with Crippen molar-refractivity contribution in [2.75, 3.05) is 19.3 Å². The molecule has 276 valence electrons. The number of carbonyl (C=O) groups is 4. The number of sulfone groups is 1. The van der Waals surface area contributed by atoms with Crippen LogP contribution in [0.3, 0.4) is 0 Å². The highest BCUT2D eigenvalue weighted by Crippen LogP contribution is 2.39. The average molecular weight is 731 g/mol. The number of aliphatic hydroxyl groups is 1. The number of likely N-dealkylation sites (tertiary alicyclic amines) is 1.